The first kappa shape index (κ1) is 17.2. The number of ether oxygens (including phenoxy) is 1. The molecule has 0 aliphatic carbocycles. The summed E-state index contributed by atoms with van der Waals surface area (Å²) in [6, 6.07) is 1.84. The number of nitrogens with zero attached hydrogens (tertiary/aromatic N) is 5. The third-order valence-corrected chi connectivity index (χ3v) is 4.06. The number of likely N-dealkylation sites (tertiary alicyclic amines) is 1. The van der Waals surface area contributed by atoms with Gasteiger partial charge >= 0.3 is 0 Å². The molecule has 1 aliphatic rings. The van der Waals surface area contributed by atoms with Crippen molar-refractivity contribution < 1.29 is 9.53 Å². The van der Waals surface area contributed by atoms with Gasteiger partial charge in [-0.15, -0.1) is 0 Å². The van der Waals surface area contributed by atoms with E-state index in [1.807, 2.05) is 24.8 Å². The van der Waals surface area contributed by atoms with E-state index in [0.717, 1.165) is 29.9 Å². The molecule has 1 fully saturated rings. The lowest BCUT2D eigenvalue weighted by Gasteiger charge is -2.24. The average molecular weight is 342 g/mol. The minimum atomic E-state index is -0.0722. The Morgan fingerprint density at radius 2 is 2.04 bits per heavy atom. The van der Waals surface area contributed by atoms with Gasteiger partial charge in [0.25, 0.3) is 0 Å². The predicted octanol–water partition coefficient (Wildman–Crippen LogP) is 1.94. The third kappa shape index (κ3) is 4.08. The highest BCUT2D eigenvalue weighted by atomic mass is 16.5. The molecule has 25 heavy (non-hydrogen) atoms. The van der Waals surface area contributed by atoms with Crippen LogP contribution in [0.1, 0.15) is 36.0 Å². The van der Waals surface area contributed by atoms with Crippen LogP contribution < -0.4 is 5.32 Å². The Balaban J connectivity index is 1.80. The zero-order chi connectivity index (χ0) is 17.8. The predicted molar refractivity (Wildman–Crippen MR) is 92.4 cm³/mol. The Kier molecular flexibility index (Phi) is 5.18. The number of nitrogens with one attached hydrogen (secondary N) is 1. The average Bonchev–Trinajstić information content (AvgIpc) is 3.04. The van der Waals surface area contributed by atoms with Crippen LogP contribution in [0.2, 0.25) is 0 Å². The summed E-state index contributed by atoms with van der Waals surface area (Å²) in [5, 5.41) is 3.09. The van der Waals surface area contributed by atoms with Crippen molar-refractivity contribution in [3.63, 3.8) is 0 Å². The third-order valence-electron chi connectivity index (χ3n) is 4.06. The molecule has 0 unspecified atom stereocenters. The molecule has 3 heterocycles. The van der Waals surface area contributed by atoms with Gasteiger partial charge in [0.15, 0.2) is 5.82 Å². The van der Waals surface area contributed by atoms with Crippen molar-refractivity contribution in [2.24, 2.45) is 0 Å². The van der Waals surface area contributed by atoms with Gasteiger partial charge in [-0.05, 0) is 32.8 Å². The van der Waals surface area contributed by atoms with Crippen molar-refractivity contribution in [3.05, 3.63) is 35.5 Å². The van der Waals surface area contributed by atoms with Crippen molar-refractivity contribution in [1.82, 2.24) is 24.8 Å². The quantitative estimate of drug-likeness (QED) is 0.887. The molecule has 8 heteroatoms. The Morgan fingerprint density at radius 3 is 2.76 bits per heavy atom. The van der Waals surface area contributed by atoms with Crippen LogP contribution in [0.5, 0.6) is 0 Å². The van der Waals surface area contributed by atoms with Gasteiger partial charge in [0.05, 0.1) is 24.1 Å². The number of hydrogen-bond donors (Lipinski definition) is 1. The second-order valence-corrected chi connectivity index (χ2v) is 6.11. The smallest absolute Gasteiger partial charge is 0.249 e. The van der Waals surface area contributed by atoms with Crippen molar-refractivity contribution in [2.45, 2.75) is 32.7 Å². The normalized spacial score (nSPS) is 16.9. The molecule has 0 spiro atoms. The zero-order valence-electron chi connectivity index (χ0n) is 14.7. The maximum absolute atomic E-state index is 12.2. The first-order valence-corrected chi connectivity index (χ1v) is 8.26. The maximum Gasteiger partial charge on any atom is 0.249 e. The molecule has 0 aromatic carbocycles. The van der Waals surface area contributed by atoms with Crippen LogP contribution in [0.3, 0.4) is 0 Å². The fraction of sp³-hybridized carbons (Fsp3) is 0.471. The number of carbonyl (C=O) groups is 1. The standard InChI is InChI=1S/C17H22N6O2/c1-11-7-12(2)20-17(19-11)22-15-9-18-8-13(21-15)14-5-4-6-23(14)16(24)10-25-3/h7-9,14H,4-6,10H2,1-3H3,(H,19,20,21,22)/t14-/m1/s1. The molecule has 2 aromatic heterocycles. The van der Waals surface area contributed by atoms with Gasteiger partial charge < -0.3 is 15.0 Å². The molecule has 1 amide bonds. The lowest BCUT2D eigenvalue weighted by molar-refractivity contribution is -0.136. The topological polar surface area (TPSA) is 93.1 Å². The number of hydrogen-bond acceptors (Lipinski definition) is 7. The van der Waals surface area contributed by atoms with Crippen molar-refractivity contribution in [3.8, 4) is 0 Å². The summed E-state index contributed by atoms with van der Waals surface area (Å²) in [5.41, 5.74) is 2.52. The summed E-state index contributed by atoms with van der Waals surface area (Å²) in [5.74, 6) is 1.03. The van der Waals surface area contributed by atoms with Crippen LogP contribution in [0.25, 0.3) is 0 Å². The van der Waals surface area contributed by atoms with Crippen molar-refractivity contribution in [2.75, 3.05) is 25.6 Å². The van der Waals surface area contributed by atoms with Gasteiger partial charge in [-0.3, -0.25) is 9.78 Å². The van der Waals surface area contributed by atoms with Crippen LogP contribution in [-0.4, -0.2) is 51.0 Å². The van der Waals surface area contributed by atoms with Crippen molar-refractivity contribution >= 4 is 17.7 Å². The molecule has 1 atom stereocenters. The molecule has 0 bridgehead atoms. The Hall–Kier alpha value is -2.61. The molecule has 8 nitrogen and oxygen atoms in total. The van der Waals surface area contributed by atoms with Crippen LogP contribution in [0.15, 0.2) is 18.5 Å². The summed E-state index contributed by atoms with van der Waals surface area (Å²) in [6.45, 7) is 4.63. The fourth-order valence-electron chi connectivity index (χ4n) is 3.08. The van der Waals surface area contributed by atoms with E-state index in [2.05, 4.69) is 25.3 Å². The van der Waals surface area contributed by atoms with Crippen LogP contribution in [0, 0.1) is 13.8 Å². The van der Waals surface area contributed by atoms with Gasteiger partial charge in [0.2, 0.25) is 11.9 Å². The van der Waals surface area contributed by atoms with Gasteiger partial charge in [-0.2, -0.15) is 0 Å². The first-order valence-electron chi connectivity index (χ1n) is 8.26. The lowest BCUT2D eigenvalue weighted by atomic mass is 10.1. The highest BCUT2D eigenvalue weighted by Crippen LogP contribution is 2.31. The molecule has 3 rings (SSSR count). The number of aromatic nitrogens is 4. The van der Waals surface area contributed by atoms with E-state index in [-0.39, 0.29) is 18.6 Å². The van der Waals surface area contributed by atoms with Gasteiger partial charge in [-0.25, -0.2) is 15.0 Å². The van der Waals surface area contributed by atoms with E-state index in [1.54, 1.807) is 12.4 Å². The molecule has 1 aliphatic heterocycles. The summed E-state index contributed by atoms with van der Waals surface area (Å²) < 4.78 is 4.97. The van der Waals surface area contributed by atoms with Crippen LogP contribution in [-0.2, 0) is 9.53 Å². The van der Waals surface area contributed by atoms with Gasteiger partial charge in [-0.1, -0.05) is 0 Å². The molecule has 2 aromatic rings. The monoisotopic (exact) mass is 342 g/mol. The number of carbonyl (C=O) groups excluding carboxylic acids is 1. The highest BCUT2D eigenvalue weighted by Gasteiger charge is 2.31. The minimum Gasteiger partial charge on any atom is -0.375 e. The Bertz CT molecular complexity index is 746. The number of amides is 1. The number of rotatable bonds is 5. The fourth-order valence-corrected chi connectivity index (χ4v) is 3.08. The number of methoxy groups -OCH3 is 1. The number of anilines is 2. The van der Waals surface area contributed by atoms with E-state index in [0.29, 0.717) is 18.3 Å². The summed E-state index contributed by atoms with van der Waals surface area (Å²) in [4.78, 5) is 31.6. The van der Waals surface area contributed by atoms with E-state index in [9.17, 15) is 4.79 Å². The van der Waals surface area contributed by atoms with E-state index in [1.165, 1.54) is 7.11 Å². The molecule has 1 saturated heterocycles. The van der Waals surface area contributed by atoms with Gasteiger partial charge in [0, 0.05) is 25.0 Å². The molecule has 132 valence electrons. The molecule has 0 radical (unpaired) electrons. The SMILES string of the molecule is COCC(=O)N1CCC[C@@H]1c1cncc(Nc2nc(C)cc(C)n2)n1. The largest absolute Gasteiger partial charge is 0.375 e. The van der Waals surface area contributed by atoms with E-state index < -0.39 is 0 Å². The Morgan fingerprint density at radius 1 is 1.28 bits per heavy atom. The van der Waals surface area contributed by atoms with E-state index >= 15 is 0 Å². The maximum atomic E-state index is 12.2. The number of aryl methyl sites for hydroxylation is 2. The lowest BCUT2D eigenvalue weighted by Crippen LogP contribution is -2.33. The Labute approximate surface area is 146 Å². The summed E-state index contributed by atoms with van der Waals surface area (Å²) >= 11 is 0. The molecule has 0 saturated carbocycles. The first-order chi connectivity index (χ1) is 12.1. The molecule has 1 N–H and O–H groups in total. The zero-order valence-corrected chi connectivity index (χ0v) is 14.7. The molecular weight excluding hydrogens is 320 g/mol. The summed E-state index contributed by atoms with van der Waals surface area (Å²) in [6.07, 6.45) is 5.14. The van der Waals surface area contributed by atoms with Crippen LogP contribution >= 0.6 is 0 Å². The van der Waals surface area contributed by atoms with Gasteiger partial charge in [0.1, 0.15) is 6.61 Å². The summed E-state index contributed by atoms with van der Waals surface area (Å²) in [7, 11) is 1.52. The highest BCUT2D eigenvalue weighted by molar-refractivity contribution is 5.78. The van der Waals surface area contributed by atoms with E-state index in [4.69, 9.17) is 4.74 Å². The molecular formula is C17H22N6O2. The second-order valence-electron chi connectivity index (χ2n) is 6.11. The van der Waals surface area contributed by atoms with Crippen LogP contribution in [0.4, 0.5) is 11.8 Å². The second kappa shape index (κ2) is 7.52. The minimum absolute atomic E-state index is 0.0252. The van der Waals surface area contributed by atoms with Crippen molar-refractivity contribution in [1.29, 1.82) is 0 Å².